The highest BCUT2D eigenvalue weighted by atomic mass is 19.1. The van der Waals surface area contributed by atoms with E-state index in [4.69, 9.17) is 0 Å². The Hall–Kier alpha value is -2.41. The van der Waals surface area contributed by atoms with Crippen molar-refractivity contribution in [3.63, 3.8) is 0 Å². The SMILES string of the molecule is C[C@H](CCc1cccc(F)c1)NC(=O)NC[C@@](C)(O)c1cnn(C)c1. The van der Waals surface area contributed by atoms with Gasteiger partial charge in [0.1, 0.15) is 11.4 Å². The van der Waals surface area contributed by atoms with Crippen LogP contribution in [0.2, 0.25) is 0 Å². The number of carbonyl (C=O) groups is 1. The van der Waals surface area contributed by atoms with Crippen LogP contribution >= 0.6 is 0 Å². The van der Waals surface area contributed by atoms with E-state index in [1.807, 2.05) is 13.0 Å². The highest BCUT2D eigenvalue weighted by Gasteiger charge is 2.25. The van der Waals surface area contributed by atoms with Crippen LogP contribution < -0.4 is 10.6 Å². The molecule has 0 unspecified atom stereocenters. The Balaban J connectivity index is 1.75. The molecule has 6 nitrogen and oxygen atoms in total. The van der Waals surface area contributed by atoms with E-state index in [9.17, 15) is 14.3 Å². The third-order valence-corrected chi connectivity index (χ3v) is 4.05. The van der Waals surface area contributed by atoms with Gasteiger partial charge in [0.2, 0.25) is 0 Å². The molecular weight excluding hydrogens is 323 g/mol. The number of aryl methyl sites for hydroxylation is 2. The first-order valence-corrected chi connectivity index (χ1v) is 8.26. The van der Waals surface area contributed by atoms with Crippen LogP contribution in [0.1, 0.15) is 31.4 Å². The maximum atomic E-state index is 13.1. The van der Waals surface area contributed by atoms with Gasteiger partial charge in [0.05, 0.1) is 12.7 Å². The first-order chi connectivity index (χ1) is 11.8. The van der Waals surface area contributed by atoms with E-state index >= 15 is 0 Å². The molecule has 2 aromatic rings. The summed E-state index contributed by atoms with van der Waals surface area (Å²) in [7, 11) is 1.76. The van der Waals surface area contributed by atoms with Crippen molar-refractivity contribution in [2.75, 3.05) is 6.54 Å². The number of benzene rings is 1. The van der Waals surface area contributed by atoms with Crippen molar-refractivity contribution in [3.8, 4) is 0 Å². The van der Waals surface area contributed by atoms with E-state index in [1.54, 1.807) is 37.1 Å². The molecule has 1 aromatic heterocycles. The predicted molar refractivity (Wildman–Crippen MR) is 93.5 cm³/mol. The molecule has 2 amide bonds. The van der Waals surface area contributed by atoms with Crippen LogP contribution in [0.3, 0.4) is 0 Å². The largest absolute Gasteiger partial charge is 0.383 e. The Bertz CT molecular complexity index is 715. The van der Waals surface area contributed by atoms with E-state index in [1.165, 1.54) is 12.1 Å². The lowest BCUT2D eigenvalue weighted by atomic mass is 10.00. The standard InChI is InChI=1S/C18H25FN4O2/c1-13(7-8-14-5-4-6-16(19)9-14)22-17(24)20-12-18(2,25)15-10-21-23(3)11-15/h4-6,9-11,13,25H,7-8,12H2,1-3H3,(H2,20,22,24)/t13-,18-/m1/s1. The quantitative estimate of drug-likeness (QED) is 0.717. The Kier molecular flexibility index (Phi) is 6.14. The second-order valence-electron chi connectivity index (χ2n) is 6.57. The average molecular weight is 348 g/mol. The third kappa shape index (κ3) is 5.86. The zero-order valence-electron chi connectivity index (χ0n) is 14.8. The molecule has 0 aliphatic rings. The molecule has 0 aliphatic carbocycles. The number of rotatable bonds is 7. The predicted octanol–water partition coefficient (Wildman–Crippen LogP) is 2.09. The van der Waals surface area contributed by atoms with Gasteiger partial charge in [0.15, 0.2) is 0 Å². The summed E-state index contributed by atoms with van der Waals surface area (Å²) >= 11 is 0. The number of carbonyl (C=O) groups excluding carboxylic acids is 1. The zero-order valence-corrected chi connectivity index (χ0v) is 14.8. The number of hydrogen-bond donors (Lipinski definition) is 3. The lowest BCUT2D eigenvalue weighted by Crippen LogP contribution is -2.46. The van der Waals surface area contributed by atoms with Gasteiger partial charge < -0.3 is 15.7 Å². The number of urea groups is 1. The molecule has 0 aliphatic heterocycles. The fourth-order valence-electron chi connectivity index (χ4n) is 2.48. The molecule has 0 bridgehead atoms. The van der Waals surface area contributed by atoms with Crippen LogP contribution in [0, 0.1) is 5.82 Å². The van der Waals surface area contributed by atoms with Gasteiger partial charge in [0.25, 0.3) is 0 Å². The summed E-state index contributed by atoms with van der Waals surface area (Å²) in [6.45, 7) is 3.58. The Labute approximate surface area is 147 Å². The first kappa shape index (κ1) is 18.9. The van der Waals surface area contributed by atoms with Crippen molar-refractivity contribution >= 4 is 6.03 Å². The molecule has 2 rings (SSSR count). The number of halogens is 1. The number of nitrogens with one attached hydrogen (secondary N) is 2. The highest BCUT2D eigenvalue weighted by Crippen LogP contribution is 2.18. The van der Waals surface area contributed by atoms with Crippen LogP contribution in [-0.4, -0.2) is 33.5 Å². The molecule has 2 atom stereocenters. The van der Waals surface area contributed by atoms with Crippen LogP contribution in [0.5, 0.6) is 0 Å². The minimum Gasteiger partial charge on any atom is -0.383 e. The Morgan fingerprint density at radius 3 is 2.88 bits per heavy atom. The van der Waals surface area contributed by atoms with Crippen molar-refractivity contribution in [1.82, 2.24) is 20.4 Å². The van der Waals surface area contributed by atoms with Crippen molar-refractivity contribution in [2.24, 2.45) is 7.05 Å². The number of hydrogen-bond acceptors (Lipinski definition) is 3. The second kappa shape index (κ2) is 8.11. The van der Waals surface area contributed by atoms with Crippen LogP contribution in [-0.2, 0) is 19.1 Å². The van der Waals surface area contributed by atoms with Gasteiger partial charge in [-0.15, -0.1) is 0 Å². The number of amides is 2. The van der Waals surface area contributed by atoms with E-state index in [0.29, 0.717) is 18.4 Å². The Morgan fingerprint density at radius 1 is 1.48 bits per heavy atom. The van der Waals surface area contributed by atoms with Gasteiger partial charge in [0, 0.05) is 24.8 Å². The molecule has 0 fully saturated rings. The highest BCUT2D eigenvalue weighted by molar-refractivity contribution is 5.74. The van der Waals surface area contributed by atoms with Gasteiger partial charge >= 0.3 is 6.03 Å². The lowest BCUT2D eigenvalue weighted by molar-refractivity contribution is 0.0592. The summed E-state index contributed by atoms with van der Waals surface area (Å²) in [5.74, 6) is -0.256. The van der Waals surface area contributed by atoms with E-state index in [-0.39, 0.29) is 24.4 Å². The van der Waals surface area contributed by atoms with E-state index in [0.717, 1.165) is 5.56 Å². The molecule has 7 heteroatoms. The maximum Gasteiger partial charge on any atom is 0.315 e. The van der Waals surface area contributed by atoms with E-state index < -0.39 is 5.60 Å². The second-order valence-corrected chi connectivity index (χ2v) is 6.57. The molecule has 0 saturated carbocycles. The van der Waals surface area contributed by atoms with Crippen LogP contribution in [0.4, 0.5) is 9.18 Å². The van der Waals surface area contributed by atoms with Gasteiger partial charge in [-0.3, -0.25) is 4.68 Å². The number of nitrogens with zero attached hydrogens (tertiary/aromatic N) is 2. The maximum absolute atomic E-state index is 13.1. The molecule has 1 heterocycles. The molecule has 0 spiro atoms. The third-order valence-electron chi connectivity index (χ3n) is 4.05. The molecule has 136 valence electrons. The lowest BCUT2D eigenvalue weighted by Gasteiger charge is -2.23. The van der Waals surface area contributed by atoms with Crippen molar-refractivity contribution < 1.29 is 14.3 Å². The fourth-order valence-corrected chi connectivity index (χ4v) is 2.48. The Morgan fingerprint density at radius 2 is 2.24 bits per heavy atom. The topological polar surface area (TPSA) is 79.2 Å². The van der Waals surface area contributed by atoms with Gasteiger partial charge in [-0.1, -0.05) is 12.1 Å². The monoisotopic (exact) mass is 348 g/mol. The fraction of sp³-hybridized carbons (Fsp3) is 0.444. The van der Waals surface area contributed by atoms with Crippen molar-refractivity contribution in [1.29, 1.82) is 0 Å². The summed E-state index contributed by atoms with van der Waals surface area (Å²) in [5, 5.41) is 19.9. The van der Waals surface area contributed by atoms with Crippen molar-refractivity contribution in [3.05, 3.63) is 53.6 Å². The summed E-state index contributed by atoms with van der Waals surface area (Å²) in [5.41, 5.74) is 0.333. The smallest absolute Gasteiger partial charge is 0.315 e. The summed E-state index contributed by atoms with van der Waals surface area (Å²) in [4.78, 5) is 12.0. The molecule has 1 aromatic carbocycles. The summed E-state index contributed by atoms with van der Waals surface area (Å²) in [6, 6.07) is 6.02. The molecular formula is C18H25FN4O2. The van der Waals surface area contributed by atoms with Crippen molar-refractivity contribution in [2.45, 2.75) is 38.3 Å². The molecule has 0 saturated heterocycles. The summed E-state index contributed by atoms with van der Waals surface area (Å²) in [6.07, 6.45) is 4.64. The van der Waals surface area contributed by atoms with E-state index in [2.05, 4.69) is 15.7 Å². The summed E-state index contributed by atoms with van der Waals surface area (Å²) < 4.78 is 14.7. The molecule has 0 radical (unpaired) electrons. The minimum atomic E-state index is -1.20. The van der Waals surface area contributed by atoms with Gasteiger partial charge in [-0.05, 0) is 44.4 Å². The van der Waals surface area contributed by atoms with Gasteiger partial charge in [-0.2, -0.15) is 5.10 Å². The van der Waals surface area contributed by atoms with Gasteiger partial charge in [-0.25, -0.2) is 9.18 Å². The zero-order chi connectivity index (χ0) is 18.4. The normalized spacial score (nSPS) is 14.6. The molecule has 25 heavy (non-hydrogen) atoms. The molecule has 3 N–H and O–H groups in total. The number of aromatic nitrogens is 2. The van der Waals surface area contributed by atoms with Crippen LogP contribution in [0.15, 0.2) is 36.7 Å². The van der Waals surface area contributed by atoms with Crippen LogP contribution in [0.25, 0.3) is 0 Å². The number of aliphatic hydroxyl groups is 1. The average Bonchev–Trinajstić information content (AvgIpc) is 2.99. The minimum absolute atomic E-state index is 0.0706. The first-order valence-electron chi connectivity index (χ1n) is 8.26.